The summed E-state index contributed by atoms with van der Waals surface area (Å²) in [6.45, 7) is 0. The first-order valence-electron chi connectivity index (χ1n) is 3.21. The van der Waals surface area contributed by atoms with Gasteiger partial charge in [-0.1, -0.05) is 27.5 Å². The zero-order valence-electron chi connectivity index (χ0n) is 5.77. The van der Waals surface area contributed by atoms with Crippen LogP contribution in [0.15, 0.2) is 22.0 Å². The Labute approximate surface area is 101 Å². The zero-order valence-corrected chi connectivity index (χ0v) is 11.1. The largest absolute Gasteiger partial charge is 0.142 e. The van der Waals surface area contributed by atoms with Gasteiger partial charge in [-0.2, -0.15) is 0 Å². The molecule has 2 rings (SSSR count). The number of rotatable bonds is 0. The number of hydrogen-bond donors (Lipinski definition) is 0. The second kappa shape index (κ2) is 3.44. The summed E-state index contributed by atoms with van der Waals surface area (Å²) < 4.78 is 3.37. The molecule has 1 aromatic carbocycles. The first-order chi connectivity index (χ1) is 5.70. The Balaban J connectivity index is 2.97. The molecule has 0 spiro atoms. The van der Waals surface area contributed by atoms with Crippen molar-refractivity contribution in [3.05, 3.63) is 30.6 Å². The van der Waals surface area contributed by atoms with Crippen LogP contribution in [0.5, 0.6) is 0 Å². The third-order valence-corrected chi connectivity index (χ3v) is 4.85. The third kappa shape index (κ3) is 1.41. The van der Waals surface area contributed by atoms with Crippen LogP contribution in [0.4, 0.5) is 0 Å². The molecule has 2 aromatic rings. The van der Waals surface area contributed by atoms with Crippen molar-refractivity contribution in [1.29, 1.82) is 0 Å². The Kier molecular flexibility index (Phi) is 2.65. The van der Waals surface area contributed by atoms with E-state index in [0.29, 0.717) is 0 Å². The maximum Gasteiger partial charge on any atom is 0.0718 e. The van der Waals surface area contributed by atoms with Gasteiger partial charge in [0.25, 0.3) is 0 Å². The van der Waals surface area contributed by atoms with Gasteiger partial charge in [-0.05, 0) is 40.1 Å². The molecular formula is C8H3BrClIS. The fourth-order valence-electron chi connectivity index (χ4n) is 1.03. The predicted molar refractivity (Wildman–Crippen MR) is 67.3 cm³/mol. The fraction of sp³-hybridized carbons (Fsp3) is 0. The van der Waals surface area contributed by atoms with Crippen LogP contribution >= 0.6 is 61.5 Å². The summed E-state index contributed by atoms with van der Waals surface area (Å²) in [5, 5.41) is 4.12. The van der Waals surface area contributed by atoms with Crippen molar-refractivity contribution >= 4 is 71.5 Å². The molecule has 0 amide bonds. The highest BCUT2D eigenvalue weighted by Gasteiger charge is 2.07. The van der Waals surface area contributed by atoms with E-state index in [-0.39, 0.29) is 0 Å². The predicted octanol–water partition coefficient (Wildman–Crippen LogP) is 4.92. The maximum atomic E-state index is 6.12. The summed E-state index contributed by atoms with van der Waals surface area (Å²) in [5.41, 5.74) is 0. The molecule has 0 N–H and O–H groups in total. The highest BCUT2D eigenvalue weighted by Crippen LogP contribution is 2.37. The Morgan fingerprint density at radius 2 is 2.25 bits per heavy atom. The first-order valence-corrected chi connectivity index (χ1v) is 6.34. The summed E-state index contributed by atoms with van der Waals surface area (Å²) >= 11 is 13.5. The average molecular weight is 373 g/mol. The molecular weight excluding hydrogens is 370 g/mol. The lowest BCUT2D eigenvalue weighted by molar-refractivity contribution is 1.71. The maximum absolute atomic E-state index is 6.12. The second-order valence-corrected chi connectivity index (χ2v) is 5.63. The SMILES string of the molecule is Clc1c(I)cc(Br)c2ccsc12. The molecule has 0 saturated heterocycles. The van der Waals surface area contributed by atoms with Crippen LogP contribution in [-0.2, 0) is 0 Å². The minimum Gasteiger partial charge on any atom is -0.142 e. The molecule has 0 aliphatic rings. The van der Waals surface area contributed by atoms with E-state index in [4.69, 9.17) is 11.6 Å². The van der Waals surface area contributed by atoms with E-state index in [0.717, 1.165) is 17.8 Å². The standard InChI is InChI=1S/C8H3BrClIS/c9-5-3-6(11)7(10)8-4(5)1-2-12-8/h1-3H. The van der Waals surface area contributed by atoms with E-state index >= 15 is 0 Å². The number of halogens is 3. The molecule has 0 unspecified atom stereocenters. The lowest BCUT2D eigenvalue weighted by Crippen LogP contribution is -1.75. The molecule has 0 radical (unpaired) electrons. The topological polar surface area (TPSA) is 0 Å². The van der Waals surface area contributed by atoms with Crippen molar-refractivity contribution in [3.8, 4) is 0 Å². The molecule has 4 heteroatoms. The van der Waals surface area contributed by atoms with E-state index in [9.17, 15) is 0 Å². The summed E-state index contributed by atoms with van der Waals surface area (Å²) in [6, 6.07) is 4.12. The van der Waals surface area contributed by atoms with E-state index in [1.54, 1.807) is 11.3 Å². The van der Waals surface area contributed by atoms with Gasteiger partial charge >= 0.3 is 0 Å². The van der Waals surface area contributed by atoms with Crippen molar-refractivity contribution in [3.63, 3.8) is 0 Å². The molecule has 0 aliphatic carbocycles. The summed E-state index contributed by atoms with van der Waals surface area (Å²) in [4.78, 5) is 0. The summed E-state index contributed by atoms with van der Waals surface area (Å²) in [5.74, 6) is 0. The van der Waals surface area contributed by atoms with Gasteiger partial charge in [-0.25, -0.2) is 0 Å². The number of fused-ring (bicyclic) bond motifs is 1. The summed E-state index contributed by atoms with van der Waals surface area (Å²) in [7, 11) is 0. The molecule has 1 aromatic heterocycles. The Bertz CT molecular complexity index is 438. The van der Waals surface area contributed by atoms with Crippen molar-refractivity contribution in [2.45, 2.75) is 0 Å². The van der Waals surface area contributed by atoms with Gasteiger partial charge in [0.1, 0.15) is 0 Å². The molecule has 0 aliphatic heterocycles. The molecule has 62 valence electrons. The number of thiophene rings is 1. The number of hydrogen-bond acceptors (Lipinski definition) is 1. The zero-order chi connectivity index (χ0) is 8.72. The smallest absolute Gasteiger partial charge is 0.0718 e. The van der Waals surface area contributed by atoms with Crippen LogP contribution in [0.2, 0.25) is 5.02 Å². The van der Waals surface area contributed by atoms with E-state index in [1.165, 1.54) is 5.39 Å². The summed E-state index contributed by atoms with van der Waals surface area (Å²) in [6.07, 6.45) is 0. The van der Waals surface area contributed by atoms with E-state index < -0.39 is 0 Å². The molecule has 1 heterocycles. The molecule has 0 fully saturated rings. The molecule has 0 saturated carbocycles. The quantitative estimate of drug-likeness (QED) is 0.454. The van der Waals surface area contributed by atoms with Gasteiger partial charge in [0.2, 0.25) is 0 Å². The van der Waals surface area contributed by atoms with Crippen molar-refractivity contribution in [2.75, 3.05) is 0 Å². The molecule has 0 bridgehead atoms. The van der Waals surface area contributed by atoms with Crippen LogP contribution in [0.3, 0.4) is 0 Å². The second-order valence-electron chi connectivity index (χ2n) is 2.32. The van der Waals surface area contributed by atoms with E-state index in [2.05, 4.69) is 50.0 Å². The van der Waals surface area contributed by atoms with Crippen molar-refractivity contribution < 1.29 is 0 Å². The van der Waals surface area contributed by atoms with Gasteiger partial charge < -0.3 is 0 Å². The third-order valence-electron chi connectivity index (χ3n) is 1.59. The van der Waals surface area contributed by atoms with Gasteiger partial charge in [0.05, 0.1) is 9.72 Å². The van der Waals surface area contributed by atoms with Crippen LogP contribution in [0.25, 0.3) is 10.1 Å². The van der Waals surface area contributed by atoms with Gasteiger partial charge in [0, 0.05) is 13.4 Å². The van der Waals surface area contributed by atoms with Crippen LogP contribution in [0, 0.1) is 3.57 Å². The van der Waals surface area contributed by atoms with Crippen LogP contribution in [0.1, 0.15) is 0 Å². The fourth-order valence-corrected chi connectivity index (χ4v) is 4.06. The van der Waals surface area contributed by atoms with Crippen molar-refractivity contribution in [2.24, 2.45) is 0 Å². The van der Waals surface area contributed by atoms with Gasteiger partial charge in [0.15, 0.2) is 0 Å². The van der Waals surface area contributed by atoms with Crippen LogP contribution in [-0.4, -0.2) is 0 Å². The normalized spacial score (nSPS) is 10.9. The van der Waals surface area contributed by atoms with Gasteiger partial charge in [-0.3, -0.25) is 0 Å². The average Bonchev–Trinajstić information content (AvgIpc) is 2.48. The van der Waals surface area contributed by atoms with E-state index in [1.807, 2.05) is 6.07 Å². The lowest BCUT2D eigenvalue weighted by Gasteiger charge is -1.99. The molecule has 0 atom stereocenters. The molecule has 0 nitrogen and oxygen atoms in total. The monoisotopic (exact) mass is 372 g/mol. The number of benzene rings is 1. The highest BCUT2D eigenvalue weighted by atomic mass is 127. The van der Waals surface area contributed by atoms with Crippen LogP contribution < -0.4 is 0 Å². The van der Waals surface area contributed by atoms with Crippen molar-refractivity contribution in [1.82, 2.24) is 0 Å². The lowest BCUT2D eigenvalue weighted by atomic mass is 10.3. The Morgan fingerprint density at radius 1 is 1.50 bits per heavy atom. The Morgan fingerprint density at radius 3 is 3.00 bits per heavy atom. The minimum atomic E-state index is 0.865. The van der Waals surface area contributed by atoms with Gasteiger partial charge in [-0.15, -0.1) is 11.3 Å². The Hall–Kier alpha value is 0.680. The highest BCUT2D eigenvalue weighted by molar-refractivity contribution is 14.1. The minimum absolute atomic E-state index is 0.865. The first kappa shape index (κ1) is 9.24. The molecule has 12 heavy (non-hydrogen) atoms.